The van der Waals surface area contributed by atoms with Gasteiger partial charge in [0.1, 0.15) is 16.6 Å². The Labute approximate surface area is 178 Å². The zero-order valence-corrected chi connectivity index (χ0v) is 16.2. The molecule has 0 spiro atoms. The maximum atomic E-state index is 12.6. The molecule has 1 amide bonds. The Bertz CT molecular complexity index is 1370. The van der Waals surface area contributed by atoms with Crippen LogP contribution in [0.3, 0.4) is 0 Å². The van der Waals surface area contributed by atoms with Crippen LogP contribution in [0, 0.1) is 20.2 Å². The molecule has 4 rings (SSSR count). The minimum absolute atomic E-state index is 0.307. The number of hydrogen-bond acceptors (Lipinski definition) is 7. The van der Waals surface area contributed by atoms with Crippen LogP contribution in [-0.2, 0) is 0 Å². The van der Waals surface area contributed by atoms with Crippen molar-refractivity contribution in [3.63, 3.8) is 0 Å². The molecule has 154 valence electrons. The summed E-state index contributed by atoms with van der Waals surface area (Å²) in [4.78, 5) is 34.5. The zero-order valence-electron chi connectivity index (χ0n) is 15.4. The topological polar surface area (TPSA) is 146 Å². The highest BCUT2D eigenvalue weighted by Crippen LogP contribution is 2.26. The smallest absolute Gasteiger partial charge is 0.289 e. The number of nitro groups is 2. The Morgan fingerprint density at radius 2 is 1.71 bits per heavy atom. The lowest BCUT2D eigenvalue weighted by Crippen LogP contribution is -2.14. The molecular formula is C19H11ClN6O5. The Kier molecular flexibility index (Phi) is 5.01. The fourth-order valence-corrected chi connectivity index (χ4v) is 3.07. The highest BCUT2D eigenvalue weighted by Gasteiger charge is 2.24. The molecule has 0 saturated heterocycles. The molecule has 4 aromatic rings. The van der Waals surface area contributed by atoms with Crippen molar-refractivity contribution in [3.05, 3.63) is 91.5 Å². The predicted molar refractivity (Wildman–Crippen MR) is 112 cm³/mol. The van der Waals surface area contributed by atoms with Crippen molar-refractivity contribution in [1.82, 2.24) is 15.0 Å². The number of nitro benzene ring substituents is 2. The third kappa shape index (κ3) is 4.02. The minimum Gasteiger partial charge on any atom is -0.322 e. The average molecular weight is 439 g/mol. The second kappa shape index (κ2) is 7.80. The molecule has 0 aliphatic heterocycles. The lowest BCUT2D eigenvalue weighted by molar-refractivity contribution is -0.394. The first-order chi connectivity index (χ1) is 14.8. The van der Waals surface area contributed by atoms with Crippen LogP contribution in [0.15, 0.2) is 60.7 Å². The van der Waals surface area contributed by atoms with Crippen LogP contribution in [0.2, 0.25) is 5.02 Å². The molecule has 0 bridgehead atoms. The van der Waals surface area contributed by atoms with Crippen LogP contribution in [0.5, 0.6) is 0 Å². The highest BCUT2D eigenvalue weighted by atomic mass is 35.5. The lowest BCUT2D eigenvalue weighted by atomic mass is 10.1. The van der Waals surface area contributed by atoms with Crippen LogP contribution >= 0.6 is 11.6 Å². The van der Waals surface area contributed by atoms with Crippen molar-refractivity contribution < 1.29 is 14.6 Å². The summed E-state index contributed by atoms with van der Waals surface area (Å²) < 4.78 is 0. The van der Waals surface area contributed by atoms with Gasteiger partial charge in [-0.2, -0.15) is 4.80 Å². The number of rotatable bonds is 5. The summed E-state index contributed by atoms with van der Waals surface area (Å²) in [5, 5.41) is 33.9. The van der Waals surface area contributed by atoms with Crippen molar-refractivity contribution in [2.45, 2.75) is 0 Å². The number of amides is 1. The van der Waals surface area contributed by atoms with E-state index in [2.05, 4.69) is 15.5 Å². The maximum Gasteiger partial charge on any atom is 0.289 e. The highest BCUT2D eigenvalue weighted by molar-refractivity contribution is 6.30. The number of fused-ring (bicyclic) bond motifs is 1. The largest absolute Gasteiger partial charge is 0.322 e. The number of anilines is 1. The van der Waals surface area contributed by atoms with E-state index in [4.69, 9.17) is 11.6 Å². The van der Waals surface area contributed by atoms with E-state index in [1.807, 2.05) is 0 Å². The third-order valence-corrected chi connectivity index (χ3v) is 4.55. The van der Waals surface area contributed by atoms with Crippen molar-refractivity contribution in [1.29, 1.82) is 0 Å². The van der Waals surface area contributed by atoms with E-state index in [1.54, 1.807) is 42.5 Å². The normalized spacial score (nSPS) is 10.7. The number of non-ortho nitro benzene ring substituents is 1. The fourth-order valence-electron chi connectivity index (χ4n) is 2.88. The molecule has 0 aliphatic rings. The third-order valence-electron chi connectivity index (χ3n) is 4.31. The van der Waals surface area contributed by atoms with E-state index < -0.39 is 27.1 Å². The summed E-state index contributed by atoms with van der Waals surface area (Å²) in [6.45, 7) is 0. The first-order valence-corrected chi connectivity index (χ1v) is 9.07. The summed E-state index contributed by atoms with van der Waals surface area (Å²) in [7, 11) is 0. The standard InChI is InChI=1S/C19H11ClN6O5/c20-11-2-1-3-13(8-11)24-22-16-7-4-12(9-17(16)23-24)21-19(27)15-6-5-14(25(28)29)10-18(15)26(30)31/h1-10H,(H,21,27). The number of aromatic nitrogens is 3. The van der Waals surface area contributed by atoms with E-state index in [-0.39, 0.29) is 5.56 Å². The molecule has 31 heavy (non-hydrogen) atoms. The van der Waals surface area contributed by atoms with Gasteiger partial charge >= 0.3 is 0 Å². The monoisotopic (exact) mass is 438 g/mol. The zero-order chi connectivity index (χ0) is 22.1. The molecule has 3 aromatic carbocycles. The number of carbonyl (C=O) groups is 1. The van der Waals surface area contributed by atoms with E-state index in [1.165, 1.54) is 4.80 Å². The predicted octanol–water partition coefficient (Wildman–Crippen LogP) is 4.14. The van der Waals surface area contributed by atoms with Gasteiger partial charge in [0.15, 0.2) is 0 Å². The molecule has 0 atom stereocenters. The van der Waals surface area contributed by atoms with Crippen molar-refractivity contribution in [2.75, 3.05) is 5.32 Å². The SMILES string of the molecule is O=C(Nc1ccc2nn(-c3cccc(Cl)c3)nc2c1)c1ccc([N+](=O)[O-])cc1[N+](=O)[O-]. The molecular weight excluding hydrogens is 428 g/mol. The summed E-state index contributed by atoms with van der Waals surface area (Å²) in [5.41, 5.74) is 0.537. The molecule has 0 aliphatic carbocycles. The maximum absolute atomic E-state index is 12.6. The van der Waals surface area contributed by atoms with Crippen LogP contribution in [0.25, 0.3) is 16.7 Å². The Morgan fingerprint density at radius 1 is 0.935 bits per heavy atom. The molecule has 0 saturated carbocycles. The number of nitrogens with one attached hydrogen (secondary N) is 1. The van der Waals surface area contributed by atoms with Crippen molar-refractivity contribution in [2.24, 2.45) is 0 Å². The summed E-state index contributed by atoms with van der Waals surface area (Å²) in [6.07, 6.45) is 0. The first-order valence-electron chi connectivity index (χ1n) is 8.69. The van der Waals surface area contributed by atoms with Gasteiger partial charge in [0.05, 0.1) is 21.6 Å². The Hall–Kier alpha value is -4.38. The summed E-state index contributed by atoms with van der Waals surface area (Å²) in [6, 6.07) is 14.5. The van der Waals surface area contributed by atoms with Gasteiger partial charge in [0, 0.05) is 16.8 Å². The first kappa shape index (κ1) is 19.9. The summed E-state index contributed by atoms with van der Waals surface area (Å²) >= 11 is 5.99. The molecule has 0 radical (unpaired) electrons. The fraction of sp³-hybridized carbons (Fsp3) is 0. The van der Waals surface area contributed by atoms with Crippen LogP contribution in [0.1, 0.15) is 10.4 Å². The molecule has 11 nitrogen and oxygen atoms in total. The molecule has 1 N–H and O–H groups in total. The molecule has 1 heterocycles. The van der Waals surface area contributed by atoms with Gasteiger partial charge in [-0.05, 0) is 42.5 Å². The van der Waals surface area contributed by atoms with E-state index in [9.17, 15) is 25.0 Å². The van der Waals surface area contributed by atoms with E-state index >= 15 is 0 Å². The number of carbonyl (C=O) groups excluding carboxylic acids is 1. The molecule has 12 heteroatoms. The van der Waals surface area contributed by atoms with Gasteiger partial charge in [-0.3, -0.25) is 25.0 Å². The second-order valence-electron chi connectivity index (χ2n) is 6.34. The minimum atomic E-state index is -0.846. The molecule has 0 fully saturated rings. The number of halogens is 1. The van der Waals surface area contributed by atoms with Gasteiger partial charge in [-0.1, -0.05) is 17.7 Å². The van der Waals surface area contributed by atoms with Crippen molar-refractivity contribution in [3.8, 4) is 5.69 Å². The molecule has 0 unspecified atom stereocenters. The van der Waals surface area contributed by atoms with Gasteiger partial charge in [0.2, 0.25) is 0 Å². The second-order valence-corrected chi connectivity index (χ2v) is 6.78. The van der Waals surface area contributed by atoms with E-state index in [0.29, 0.717) is 27.4 Å². The van der Waals surface area contributed by atoms with Crippen LogP contribution < -0.4 is 5.32 Å². The van der Waals surface area contributed by atoms with Gasteiger partial charge in [-0.15, -0.1) is 10.2 Å². The van der Waals surface area contributed by atoms with Gasteiger partial charge < -0.3 is 5.32 Å². The quantitative estimate of drug-likeness (QED) is 0.363. The number of benzene rings is 3. The molecule has 1 aromatic heterocycles. The van der Waals surface area contributed by atoms with Gasteiger partial charge in [-0.25, -0.2) is 0 Å². The van der Waals surface area contributed by atoms with E-state index in [0.717, 1.165) is 18.2 Å². The van der Waals surface area contributed by atoms with Crippen LogP contribution in [0.4, 0.5) is 17.1 Å². The number of nitrogens with zero attached hydrogens (tertiary/aromatic N) is 5. The van der Waals surface area contributed by atoms with Gasteiger partial charge in [0.25, 0.3) is 17.3 Å². The Morgan fingerprint density at radius 3 is 2.42 bits per heavy atom. The number of hydrogen-bond donors (Lipinski definition) is 1. The lowest BCUT2D eigenvalue weighted by Gasteiger charge is -2.05. The van der Waals surface area contributed by atoms with Crippen LogP contribution in [-0.4, -0.2) is 30.7 Å². The summed E-state index contributed by atoms with van der Waals surface area (Å²) in [5.74, 6) is -0.789. The van der Waals surface area contributed by atoms with Crippen molar-refractivity contribution >= 4 is 45.6 Å². The Balaban J connectivity index is 1.63. The average Bonchev–Trinajstić information content (AvgIpc) is 3.16.